The Hall–Kier alpha value is -0.680. The fourth-order valence-corrected chi connectivity index (χ4v) is 3.42. The summed E-state index contributed by atoms with van der Waals surface area (Å²) in [5.74, 6) is 1.55. The maximum atomic E-state index is 12.5. The number of hydrogen-bond acceptors (Lipinski definition) is 2. The molecule has 2 nitrogen and oxygen atoms in total. The van der Waals surface area contributed by atoms with Gasteiger partial charge < -0.3 is 10.1 Å². The molecule has 5 heteroatoms. The standard InChI is InChI=1S/C16H22BrF2NO/c1-10-4-3-5-14(11(10)2)20-9-12-8-13(17)6-7-15(12)21-16(18)19/h6-8,10-11,14,16,20H,3-5,9H2,1-2H3. The van der Waals surface area contributed by atoms with E-state index in [0.717, 1.165) is 16.5 Å². The molecule has 0 bridgehead atoms. The molecule has 1 aliphatic carbocycles. The van der Waals surface area contributed by atoms with Crippen LogP contribution in [0.2, 0.25) is 0 Å². The van der Waals surface area contributed by atoms with E-state index in [2.05, 4.69) is 39.8 Å². The average molecular weight is 362 g/mol. The summed E-state index contributed by atoms with van der Waals surface area (Å²) < 4.78 is 30.4. The van der Waals surface area contributed by atoms with Crippen LogP contribution >= 0.6 is 15.9 Å². The van der Waals surface area contributed by atoms with Gasteiger partial charge in [-0.15, -0.1) is 0 Å². The zero-order valence-corrected chi connectivity index (χ0v) is 14.0. The summed E-state index contributed by atoms with van der Waals surface area (Å²) in [6.07, 6.45) is 3.64. The van der Waals surface area contributed by atoms with Crippen LogP contribution < -0.4 is 10.1 Å². The Kier molecular flexibility index (Phi) is 5.99. The van der Waals surface area contributed by atoms with Gasteiger partial charge in [-0.25, -0.2) is 0 Å². The molecule has 0 saturated heterocycles. The number of benzene rings is 1. The van der Waals surface area contributed by atoms with E-state index >= 15 is 0 Å². The third-order valence-electron chi connectivity index (χ3n) is 4.50. The lowest BCUT2D eigenvalue weighted by Gasteiger charge is -2.35. The third-order valence-corrected chi connectivity index (χ3v) is 4.99. The number of nitrogens with one attached hydrogen (secondary N) is 1. The molecule has 1 fully saturated rings. The number of hydrogen-bond donors (Lipinski definition) is 1. The van der Waals surface area contributed by atoms with E-state index in [1.54, 1.807) is 12.1 Å². The van der Waals surface area contributed by atoms with E-state index in [9.17, 15) is 8.78 Å². The number of alkyl halides is 2. The van der Waals surface area contributed by atoms with Crippen molar-refractivity contribution >= 4 is 15.9 Å². The highest BCUT2D eigenvalue weighted by Crippen LogP contribution is 2.30. The van der Waals surface area contributed by atoms with Crippen LogP contribution in [0, 0.1) is 11.8 Å². The van der Waals surface area contributed by atoms with Crippen LogP contribution in [0.15, 0.2) is 22.7 Å². The van der Waals surface area contributed by atoms with Gasteiger partial charge in [0.2, 0.25) is 0 Å². The molecular weight excluding hydrogens is 340 g/mol. The first-order valence-electron chi connectivity index (χ1n) is 7.44. The van der Waals surface area contributed by atoms with Crippen molar-refractivity contribution in [2.75, 3.05) is 0 Å². The van der Waals surface area contributed by atoms with Crippen molar-refractivity contribution in [1.29, 1.82) is 0 Å². The average Bonchev–Trinajstić information content (AvgIpc) is 2.42. The molecule has 1 aromatic rings. The lowest BCUT2D eigenvalue weighted by Crippen LogP contribution is -2.40. The summed E-state index contributed by atoms with van der Waals surface area (Å²) in [6.45, 7) is 2.30. The lowest BCUT2D eigenvalue weighted by molar-refractivity contribution is -0.0505. The smallest absolute Gasteiger partial charge is 0.387 e. The predicted octanol–water partition coefficient (Wildman–Crippen LogP) is 4.96. The molecule has 1 aliphatic rings. The molecule has 0 aliphatic heterocycles. The molecule has 118 valence electrons. The number of rotatable bonds is 5. The zero-order valence-electron chi connectivity index (χ0n) is 12.4. The first-order valence-corrected chi connectivity index (χ1v) is 8.23. The minimum atomic E-state index is -2.79. The van der Waals surface area contributed by atoms with Gasteiger partial charge in [-0.05, 0) is 36.5 Å². The molecule has 2 rings (SSSR count). The monoisotopic (exact) mass is 361 g/mol. The van der Waals surface area contributed by atoms with Crippen molar-refractivity contribution in [3.05, 3.63) is 28.2 Å². The van der Waals surface area contributed by atoms with E-state index < -0.39 is 6.61 Å². The maximum Gasteiger partial charge on any atom is 0.387 e. The van der Waals surface area contributed by atoms with Gasteiger partial charge in [-0.1, -0.05) is 42.6 Å². The first kappa shape index (κ1) is 16.7. The Bertz CT molecular complexity index is 470. The van der Waals surface area contributed by atoms with Crippen molar-refractivity contribution in [3.8, 4) is 5.75 Å². The van der Waals surface area contributed by atoms with E-state index in [1.807, 2.05) is 6.07 Å². The molecule has 3 unspecified atom stereocenters. The van der Waals surface area contributed by atoms with Crippen LogP contribution in [0.1, 0.15) is 38.7 Å². The molecule has 21 heavy (non-hydrogen) atoms. The van der Waals surface area contributed by atoms with Crippen LogP contribution in [0.5, 0.6) is 5.75 Å². The van der Waals surface area contributed by atoms with Gasteiger partial charge >= 0.3 is 6.61 Å². The highest BCUT2D eigenvalue weighted by atomic mass is 79.9. The fourth-order valence-electron chi connectivity index (χ4n) is 3.01. The van der Waals surface area contributed by atoms with Crippen LogP contribution in [-0.2, 0) is 6.54 Å². The first-order chi connectivity index (χ1) is 9.97. The summed E-state index contributed by atoms with van der Waals surface area (Å²) in [7, 11) is 0. The highest BCUT2D eigenvalue weighted by molar-refractivity contribution is 9.10. The summed E-state index contributed by atoms with van der Waals surface area (Å²) in [4.78, 5) is 0. The molecule has 0 amide bonds. The van der Waals surface area contributed by atoms with Crippen molar-refractivity contribution in [3.63, 3.8) is 0 Å². The van der Waals surface area contributed by atoms with Crippen molar-refractivity contribution in [2.45, 2.75) is 52.3 Å². The minimum Gasteiger partial charge on any atom is -0.434 e. The van der Waals surface area contributed by atoms with Gasteiger partial charge in [0.15, 0.2) is 0 Å². The van der Waals surface area contributed by atoms with E-state index in [0.29, 0.717) is 24.4 Å². The Morgan fingerprint density at radius 3 is 2.81 bits per heavy atom. The largest absolute Gasteiger partial charge is 0.434 e. The lowest BCUT2D eigenvalue weighted by atomic mass is 9.78. The molecule has 0 heterocycles. The van der Waals surface area contributed by atoms with E-state index in [1.165, 1.54) is 12.8 Å². The molecule has 3 atom stereocenters. The van der Waals surface area contributed by atoms with Crippen LogP contribution in [0.25, 0.3) is 0 Å². The quantitative estimate of drug-likeness (QED) is 0.799. The summed E-state index contributed by atoms with van der Waals surface area (Å²) in [5.41, 5.74) is 0.759. The van der Waals surface area contributed by atoms with Gasteiger partial charge in [0, 0.05) is 22.6 Å². The third kappa shape index (κ3) is 4.65. The van der Waals surface area contributed by atoms with Crippen molar-refractivity contribution in [2.24, 2.45) is 11.8 Å². The maximum absolute atomic E-state index is 12.5. The fraction of sp³-hybridized carbons (Fsp3) is 0.625. The minimum absolute atomic E-state index is 0.247. The Morgan fingerprint density at radius 2 is 2.10 bits per heavy atom. The normalized spacial score (nSPS) is 26.1. The van der Waals surface area contributed by atoms with Gasteiger partial charge in [-0.2, -0.15) is 8.78 Å². The van der Waals surface area contributed by atoms with E-state index in [4.69, 9.17) is 0 Å². The second kappa shape index (κ2) is 7.54. The van der Waals surface area contributed by atoms with Gasteiger partial charge in [0.1, 0.15) is 5.75 Å². The summed E-state index contributed by atoms with van der Waals surface area (Å²) in [5, 5.41) is 3.51. The second-order valence-corrected chi connectivity index (χ2v) is 6.80. The summed E-state index contributed by atoms with van der Waals surface area (Å²) >= 11 is 3.38. The van der Waals surface area contributed by atoms with Gasteiger partial charge in [0.25, 0.3) is 0 Å². The van der Waals surface area contributed by atoms with Crippen molar-refractivity contribution < 1.29 is 13.5 Å². The Labute approximate surface area is 133 Å². The second-order valence-electron chi connectivity index (χ2n) is 5.89. The van der Waals surface area contributed by atoms with E-state index in [-0.39, 0.29) is 5.75 Å². The molecule has 1 N–H and O–H groups in total. The molecule has 0 spiro atoms. The van der Waals surface area contributed by atoms with Crippen LogP contribution in [-0.4, -0.2) is 12.7 Å². The molecule has 1 saturated carbocycles. The molecule has 1 aromatic carbocycles. The number of halogens is 3. The van der Waals surface area contributed by atoms with Gasteiger partial charge in [-0.3, -0.25) is 0 Å². The highest BCUT2D eigenvalue weighted by Gasteiger charge is 2.26. The molecular formula is C16H22BrF2NO. The zero-order chi connectivity index (χ0) is 15.4. The topological polar surface area (TPSA) is 21.3 Å². The predicted molar refractivity (Wildman–Crippen MR) is 83.6 cm³/mol. The number of ether oxygens (including phenoxy) is 1. The summed E-state index contributed by atoms with van der Waals surface area (Å²) in [6, 6.07) is 5.57. The molecule has 0 radical (unpaired) electrons. The van der Waals surface area contributed by atoms with Crippen molar-refractivity contribution in [1.82, 2.24) is 5.32 Å². The SMILES string of the molecule is CC1CCCC(NCc2cc(Br)ccc2OC(F)F)C1C. The Balaban J connectivity index is 2.03. The van der Waals surface area contributed by atoms with Gasteiger partial charge in [0.05, 0.1) is 0 Å². The Morgan fingerprint density at radius 1 is 1.33 bits per heavy atom. The van der Waals surface area contributed by atoms with Crippen LogP contribution in [0.4, 0.5) is 8.78 Å². The van der Waals surface area contributed by atoms with Crippen LogP contribution in [0.3, 0.4) is 0 Å². The molecule has 0 aromatic heterocycles.